The molecule has 0 saturated heterocycles. The molecule has 1 aliphatic rings. The Balaban J connectivity index is 1.46. The Kier molecular flexibility index (Phi) is 5.31. The first kappa shape index (κ1) is 19.1. The number of hydrogen-bond donors (Lipinski definition) is 3. The second-order valence-electron chi connectivity index (χ2n) is 7.23. The maximum absolute atomic E-state index is 12.9. The lowest BCUT2D eigenvalue weighted by atomic mass is 10.1. The summed E-state index contributed by atoms with van der Waals surface area (Å²) in [6.45, 7) is 1.92. The Labute approximate surface area is 174 Å². The number of aromatic amines is 1. The highest BCUT2D eigenvalue weighted by molar-refractivity contribution is 7.71. The first-order valence-electron chi connectivity index (χ1n) is 9.60. The number of anilines is 1. The number of benzene rings is 2. The molecule has 0 bridgehead atoms. The molecule has 1 aliphatic carbocycles. The molecule has 7 heteroatoms. The number of imidazole rings is 1. The van der Waals surface area contributed by atoms with Crippen molar-refractivity contribution in [2.24, 2.45) is 5.92 Å². The van der Waals surface area contributed by atoms with Gasteiger partial charge in [0.15, 0.2) is 4.77 Å². The number of para-hydroxylation sites is 1. The number of rotatable bonds is 6. The van der Waals surface area contributed by atoms with Crippen molar-refractivity contribution >= 4 is 29.7 Å². The third kappa shape index (κ3) is 4.30. The summed E-state index contributed by atoms with van der Waals surface area (Å²) in [6, 6.07) is 16.9. The van der Waals surface area contributed by atoms with E-state index in [0.29, 0.717) is 10.5 Å². The number of amides is 2. The van der Waals surface area contributed by atoms with Crippen LogP contribution in [0.2, 0.25) is 0 Å². The standard InChI is InChI=1S/C22H22N4O2S/c1-14(15-9-11-17(12-10-15)25-20(27)16-7-8-16)24-21(28)19-13-23-22(29)26(19)18-5-3-2-4-6-18/h2-6,9-14,16H,7-8H2,1H3,(H,23,29)(H,24,28)(H,25,27). The zero-order valence-electron chi connectivity index (χ0n) is 16.0. The molecule has 4 rings (SSSR count). The zero-order chi connectivity index (χ0) is 20.4. The monoisotopic (exact) mass is 406 g/mol. The molecule has 6 nitrogen and oxygen atoms in total. The summed E-state index contributed by atoms with van der Waals surface area (Å²) < 4.78 is 2.18. The number of aromatic nitrogens is 2. The van der Waals surface area contributed by atoms with Crippen molar-refractivity contribution in [3.63, 3.8) is 0 Å². The van der Waals surface area contributed by atoms with Gasteiger partial charge in [0.1, 0.15) is 5.69 Å². The van der Waals surface area contributed by atoms with E-state index in [4.69, 9.17) is 12.2 Å². The van der Waals surface area contributed by atoms with Crippen LogP contribution < -0.4 is 10.6 Å². The predicted molar refractivity (Wildman–Crippen MR) is 115 cm³/mol. The number of carbonyl (C=O) groups is 2. The van der Waals surface area contributed by atoms with Crippen LogP contribution in [-0.2, 0) is 4.79 Å². The van der Waals surface area contributed by atoms with E-state index in [1.54, 1.807) is 10.8 Å². The van der Waals surface area contributed by atoms with Gasteiger partial charge in [0, 0.05) is 23.5 Å². The van der Waals surface area contributed by atoms with E-state index in [1.165, 1.54) is 0 Å². The van der Waals surface area contributed by atoms with Gasteiger partial charge in [-0.25, -0.2) is 0 Å². The molecule has 0 aliphatic heterocycles. The van der Waals surface area contributed by atoms with E-state index in [-0.39, 0.29) is 23.8 Å². The fourth-order valence-electron chi connectivity index (χ4n) is 3.17. The molecule has 1 heterocycles. The summed E-state index contributed by atoms with van der Waals surface area (Å²) in [4.78, 5) is 27.7. The van der Waals surface area contributed by atoms with Gasteiger partial charge >= 0.3 is 0 Å². The average molecular weight is 407 g/mol. The van der Waals surface area contributed by atoms with Crippen LogP contribution in [0.1, 0.15) is 41.9 Å². The summed E-state index contributed by atoms with van der Waals surface area (Å²) in [5.41, 5.74) is 2.99. The minimum Gasteiger partial charge on any atom is -0.344 e. The van der Waals surface area contributed by atoms with Crippen molar-refractivity contribution in [1.82, 2.24) is 14.9 Å². The second kappa shape index (κ2) is 8.05. The van der Waals surface area contributed by atoms with Crippen LogP contribution in [0.4, 0.5) is 5.69 Å². The Hall–Kier alpha value is -3.19. The van der Waals surface area contributed by atoms with Crippen LogP contribution in [0.25, 0.3) is 5.69 Å². The molecule has 0 radical (unpaired) electrons. The van der Waals surface area contributed by atoms with Gasteiger partial charge in [0.05, 0.1) is 6.04 Å². The van der Waals surface area contributed by atoms with Crippen LogP contribution in [0.5, 0.6) is 0 Å². The van der Waals surface area contributed by atoms with E-state index in [1.807, 2.05) is 61.5 Å². The highest BCUT2D eigenvalue weighted by Crippen LogP contribution is 2.30. The summed E-state index contributed by atoms with van der Waals surface area (Å²) in [6.07, 6.45) is 3.57. The van der Waals surface area contributed by atoms with Gasteiger partial charge in [0.25, 0.3) is 5.91 Å². The van der Waals surface area contributed by atoms with E-state index in [0.717, 1.165) is 29.8 Å². The van der Waals surface area contributed by atoms with Gasteiger partial charge in [-0.1, -0.05) is 30.3 Å². The van der Waals surface area contributed by atoms with Gasteiger partial charge in [-0.2, -0.15) is 0 Å². The average Bonchev–Trinajstić information content (AvgIpc) is 3.51. The molecule has 1 aromatic heterocycles. The van der Waals surface area contributed by atoms with Crippen LogP contribution in [0.3, 0.4) is 0 Å². The minimum atomic E-state index is -0.222. The minimum absolute atomic E-state index is 0.0803. The number of nitrogens with one attached hydrogen (secondary N) is 3. The first-order chi connectivity index (χ1) is 14.0. The Morgan fingerprint density at radius 1 is 1.10 bits per heavy atom. The second-order valence-corrected chi connectivity index (χ2v) is 7.62. The van der Waals surface area contributed by atoms with Crippen molar-refractivity contribution < 1.29 is 9.59 Å². The smallest absolute Gasteiger partial charge is 0.270 e. The quantitative estimate of drug-likeness (QED) is 0.532. The van der Waals surface area contributed by atoms with Gasteiger partial charge in [-0.15, -0.1) is 0 Å². The van der Waals surface area contributed by atoms with E-state index >= 15 is 0 Å². The Morgan fingerprint density at radius 3 is 2.45 bits per heavy atom. The van der Waals surface area contributed by atoms with Crippen molar-refractivity contribution in [3.8, 4) is 5.69 Å². The molecule has 1 saturated carbocycles. The number of H-pyrrole nitrogens is 1. The molecule has 1 atom stereocenters. The van der Waals surface area contributed by atoms with Crippen LogP contribution in [-0.4, -0.2) is 21.4 Å². The summed E-state index contributed by atoms with van der Waals surface area (Å²) in [5, 5.41) is 5.93. The number of carbonyl (C=O) groups excluding carboxylic acids is 2. The fraction of sp³-hybridized carbons (Fsp3) is 0.227. The third-order valence-electron chi connectivity index (χ3n) is 5.00. The number of hydrogen-bond acceptors (Lipinski definition) is 3. The summed E-state index contributed by atoms with van der Waals surface area (Å²) >= 11 is 5.35. The summed E-state index contributed by atoms with van der Waals surface area (Å²) in [5.74, 6) is 0.0244. The van der Waals surface area contributed by atoms with Crippen LogP contribution in [0.15, 0.2) is 60.8 Å². The molecular formula is C22H22N4O2S. The highest BCUT2D eigenvalue weighted by atomic mass is 32.1. The van der Waals surface area contributed by atoms with Gasteiger partial charge in [0.2, 0.25) is 5.91 Å². The van der Waals surface area contributed by atoms with Gasteiger partial charge in [-0.05, 0) is 61.8 Å². The van der Waals surface area contributed by atoms with Crippen molar-refractivity contribution in [2.75, 3.05) is 5.32 Å². The molecule has 2 amide bonds. The maximum atomic E-state index is 12.9. The molecule has 1 fully saturated rings. The maximum Gasteiger partial charge on any atom is 0.270 e. The lowest BCUT2D eigenvalue weighted by Crippen LogP contribution is -2.28. The van der Waals surface area contributed by atoms with Gasteiger partial charge < -0.3 is 15.6 Å². The Morgan fingerprint density at radius 2 is 1.79 bits per heavy atom. The van der Waals surface area contributed by atoms with Crippen LogP contribution in [0, 0.1) is 10.7 Å². The molecule has 1 unspecified atom stereocenters. The van der Waals surface area contributed by atoms with Crippen LogP contribution >= 0.6 is 12.2 Å². The predicted octanol–water partition coefficient (Wildman–Crippen LogP) is 4.37. The normalized spacial score (nSPS) is 14.2. The Bertz CT molecular complexity index is 1080. The zero-order valence-corrected chi connectivity index (χ0v) is 16.8. The van der Waals surface area contributed by atoms with E-state index in [9.17, 15) is 9.59 Å². The van der Waals surface area contributed by atoms with Crippen molar-refractivity contribution in [1.29, 1.82) is 0 Å². The molecule has 3 aromatic rings. The highest BCUT2D eigenvalue weighted by Gasteiger charge is 2.29. The summed E-state index contributed by atoms with van der Waals surface area (Å²) in [7, 11) is 0. The molecule has 2 aromatic carbocycles. The van der Waals surface area contributed by atoms with E-state index in [2.05, 4.69) is 15.6 Å². The topological polar surface area (TPSA) is 78.9 Å². The molecule has 0 spiro atoms. The van der Waals surface area contributed by atoms with Crippen molar-refractivity contribution in [3.05, 3.63) is 76.8 Å². The number of nitrogens with zero attached hydrogens (tertiary/aromatic N) is 1. The lowest BCUT2D eigenvalue weighted by molar-refractivity contribution is -0.117. The first-order valence-corrected chi connectivity index (χ1v) is 10.0. The molecule has 29 heavy (non-hydrogen) atoms. The molecule has 148 valence electrons. The molecule has 3 N–H and O–H groups in total. The lowest BCUT2D eigenvalue weighted by Gasteiger charge is -2.16. The van der Waals surface area contributed by atoms with E-state index < -0.39 is 0 Å². The third-order valence-corrected chi connectivity index (χ3v) is 5.30. The van der Waals surface area contributed by atoms with Crippen molar-refractivity contribution in [2.45, 2.75) is 25.8 Å². The molecular weight excluding hydrogens is 384 g/mol. The van der Waals surface area contributed by atoms with Gasteiger partial charge in [-0.3, -0.25) is 14.2 Å². The fourth-order valence-corrected chi connectivity index (χ4v) is 3.43. The largest absolute Gasteiger partial charge is 0.344 e. The SMILES string of the molecule is CC(NC(=O)c1c[nH]c(=S)n1-c1ccccc1)c1ccc(NC(=O)C2CC2)cc1.